The van der Waals surface area contributed by atoms with E-state index in [1.165, 1.54) is 12.1 Å². The van der Waals surface area contributed by atoms with Crippen LogP contribution >= 0.6 is 0 Å². The molecule has 0 fully saturated rings. The maximum atomic E-state index is 11.2. The van der Waals surface area contributed by atoms with Gasteiger partial charge >= 0.3 is 5.97 Å². The molecular weight excluding hydrogens is 286 g/mol. The molecule has 20 heavy (non-hydrogen) atoms. The first-order valence-electron chi connectivity index (χ1n) is 5.64. The first-order chi connectivity index (χ1) is 9.21. The lowest BCUT2D eigenvalue weighted by Crippen LogP contribution is -2.15. The van der Waals surface area contributed by atoms with Crippen LogP contribution in [0.3, 0.4) is 0 Å². The maximum absolute atomic E-state index is 11.2. The van der Waals surface area contributed by atoms with Crippen molar-refractivity contribution in [2.24, 2.45) is 10.9 Å². The van der Waals surface area contributed by atoms with Crippen LogP contribution in [0.5, 0.6) is 0 Å². The zero-order valence-electron chi connectivity index (χ0n) is 10.5. The molecule has 1 amide bonds. The number of sulfonamides is 1. The van der Waals surface area contributed by atoms with Crippen molar-refractivity contribution in [2.45, 2.75) is 17.7 Å². The monoisotopic (exact) mass is 301 g/mol. The summed E-state index contributed by atoms with van der Waals surface area (Å²) in [5.41, 5.74) is 5.01. The fraction of sp³-hybridized carbons (Fsp3) is 0.273. The molecule has 8 nitrogen and oxygen atoms in total. The minimum Gasteiger partial charge on any atom is -0.478 e. The van der Waals surface area contributed by atoms with Gasteiger partial charge in [-0.2, -0.15) is 0 Å². The molecule has 0 aliphatic rings. The summed E-state index contributed by atoms with van der Waals surface area (Å²) in [5.74, 6) is -1.73. The van der Waals surface area contributed by atoms with E-state index in [1.807, 2.05) is 0 Å². The molecule has 0 aliphatic heterocycles. The van der Waals surface area contributed by atoms with Crippen molar-refractivity contribution >= 4 is 27.6 Å². The number of rotatable bonds is 7. The number of carboxylic acids is 1. The van der Waals surface area contributed by atoms with E-state index >= 15 is 0 Å². The van der Waals surface area contributed by atoms with Crippen molar-refractivity contribution in [3.05, 3.63) is 23.8 Å². The Morgan fingerprint density at radius 3 is 2.45 bits per heavy atom. The number of carboxylic acid groups (broad SMARTS) is 1. The lowest BCUT2D eigenvalue weighted by atomic mass is 10.1. The van der Waals surface area contributed by atoms with Gasteiger partial charge in [0.2, 0.25) is 15.9 Å². The summed E-state index contributed by atoms with van der Waals surface area (Å²) in [6, 6.07) is 3.50. The van der Waals surface area contributed by atoms with Gasteiger partial charge in [0.05, 0.1) is 10.5 Å². The highest BCUT2D eigenvalue weighted by Crippen LogP contribution is 2.20. The number of primary sulfonamides is 1. The molecule has 0 atom stereocenters. The topological polar surface area (TPSA) is 153 Å². The van der Waals surface area contributed by atoms with Crippen molar-refractivity contribution in [2.75, 3.05) is 11.9 Å². The summed E-state index contributed by atoms with van der Waals surface area (Å²) in [6.45, 7) is 0.331. The van der Waals surface area contributed by atoms with E-state index in [-0.39, 0.29) is 22.6 Å². The average Bonchev–Trinajstić information content (AvgIpc) is 2.33. The predicted octanol–water partition coefficient (Wildman–Crippen LogP) is -0.290. The number of nitrogens with two attached hydrogens (primary N) is 2. The van der Waals surface area contributed by atoms with Crippen LogP contribution in [-0.2, 0) is 14.8 Å². The van der Waals surface area contributed by atoms with E-state index in [0.29, 0.717) is 13.0 Å². The molecule has 0 aliphatic carbocycles. The third-order valence-corrected chi connectivity index (χ3v) is 3.38. The standard InChI is InChI=1S/C11H15N3O5S/c12-10(15)2-1-5-14-9-4-3-7(20(13,18)19)6-8(9)11(16)17/h3-4,6,14H,1-2,5H2,(H2,12,15)(H,16,17)(H2,13,18,19). The van der Waals surface area contributed by atoms with E-state index in [2.05, 4.69) is 5.32 Å². The van der Waals surface area contributed by atoms with Crippen LogP contribution < -0.4 is 16.2 Å². The van der Waals surface area contributed by atoms with Crippen LogP contribution in [0.2, 0.25) is 0 Å². The number of hydrogen-bond acceptors (Lipinski definition) is 5. The van der Waals surface area contributed by atoms with Crippen LogP contribution in [0.1, 0.15) is 23.2 Å². The highest BCUT2D eigenvalue weighted by molar-refractivity contribution is 7.89. The van der Waals surface area contributed by atoms with E-state index in [0.717, 1.165) is 6.07 Å². The highest BCUT2D eigenvalue weighted by atomic mass is 32.2. The number of aromatic carboxylic acids is 1. The van der Waals surface area contributed by atoms with E-state index < -0.39 is 21.9 Å². The van der Waals surface area contributed by atoms with E-state index in [1.54, 1.807) is 0 Å². The second-order valence-electron chi connectivity index (χ2n) is 4.05. The summed E-state index contributed by atoms with van der Waals surface area (Å²) in [7, 11) is -3.96. The van der Waals surface area contributed by atoms with Gasteiger partial charge in [-0.3, -0.25) is 4.79 Å². The normalized spacial score (nSPS) is 11.1. The smallest absolute Gasteiger partial charge is 0.337 e. The van der Waals surface area contributed by atoms with Gasteiger partial charge in [-0.1, -0.05) is 0 Å². The Kier molecular flexibility index (Phi) is 5.06. The van der Waals surface area contributed by atoms with Crippen molar-refractivity contribution in [1.29, 1.82) is 0 Å². The summed E-state index contributed by atoms with van der Waals surface area (Å²) < 4.78 is 22.3. The van der Waals surface area contributed by atoms with Crippen LogP contribution in [0.25, 0.3) is 0 Å². The molecule has 0 saturated carbocycles. The molecule has 0 bridgehead atoms. The van der Waals surface area contributed by atoms with Crippen molar-refractivity contribution in [3.8, 4) is 0 Å². The van der Waals surface area contributed by atoms with Gasteiger partial charge in [0.15, 0.2) is 0 Å². The number of nitrogens with one attached hydrogen (secondary N) is 1. The number of anilines is 1. The SMILES string of the molecule is NC(=O)CCCNc1ccc(S(N)(=O)=O)cc1C(=O)O. The van der Waals surface area contributed by atoms with Gasteiger partial charge in [-0.25, -0.2) is 18.4 Å². The fourth-order valence-electron chi connectivity index (χ4n) is 1.52. The highest BCUT2D eigenvalue weighted by Gasteiger charge is 2.15. The van der Waals surface area contributed by atoms with Gasteiger partial charge in [-0.05, 0) is 24.6 Å². The summed E-state index contributed by atoms with van der Waals surface area (Å²) in [5, 5.41) is 16.8. The molecule has 0 radical (unpaired) electrons. The first kappa shape index (κ1) is 15.9. The number of amides is 1. The molecule has 0 spiro atoms. The number of primary amides is 1. The quantitative estimate of drug-likeness (QED) is 0.508. The molecular formula is C11H15N3O5S. The number of hydrogen-bond donors (Lipinski definition) is 4. The second-order valence-corrected chi connectivity index (χ2v) is 5.62. The van der Waals surface area contributed by atoms with Gasteiger partial charge < -0.3 is 16.2 Å². The Morgan fingerprint density at radius 2 is 1.95 bits per heavy atom. The lowest BCUT2D eigenvalue weighted by Gasteiger charge is -2.10. The number of benzene rings is 1. The Bertz CT molecular complexity index is 627. The van der Waals surface area contributed by atoms with E-state index in [9.17, 15) is 18.0 Å². The molecule has 0 unspecified atom stereocenters. The van der Waals surface area contributed by atoms with Crippen LogP contribution in [0, 0.1) is 0 Å². The Hall–Kier alpha value is -2.13. The minimum atomic E-state index is -3.96. The Balaban J connectivity index is 2.91. The second kappa shape index (κ2) is 6.35. The van der Waals surface area contributed by atoms with Crippen molar-refractivity contribution < 1.29 is 23.1 Å². The predicted molar refractivity (Wildman–Crippen MR) is 71.7 cm³/mol. The van der Waals surface area contributed by atoms with Crippen LogP contribution in [0.15, 0.2) is 23.1 Å². The molecule has 110 valence electrons. The minimum absolute atomic E-state index is 0.171. The van der Waals surface area contributed by atoms with Gasteiger partial charge in [0.1, 0.15) is 0 Å². The molecule has 0 aromatic heterocycles. The molecule has 0 heterocycles. The summed E-state index contributed by atoms with van der Waals surface area (Å²) >= 11 is 0. The van der Waals surface area contributed by atoms with Crippen LogP contribution in [-0.4, -0.2) is 31.9 Å². The Labute approximate surface area is 115 Å². The molecule has 6 N–H and O–H groups in total. The van der Waals surface area contributed by atoms with E-state index in [4.69, 9.17) is 16.0 Å². The van der Waals surface area contributed by atoms with Crippen molar-refractivity contribution in [3.63, 3.8) is 0 Å². The third kappa shape index (κ3) is 4.52. The first-order valence-corrected chi connectivity index (χ1v) is 7.19. The van der Waals surface area contributed by atoms with Gasteiger partial charge in [0.25, 0.3) is 0 Å². The summed E-state index contributed by atoms with van der Waals surface area (Å²) in [4.78, 5) is 21.4. The third-order valence-electron chi connectivity index (χ3n) is 2.47. The van der Waals surface area contributed by atoms with Crippen molar-refractivity contribution in [1.82, 2.24) is 0 Å². The molecule has 0 saturated heterocycles. The molecule has 1 aromatic rings. The van der Waals surface area contributed by atoms with Crippen LogP contribution in [0.4, 0.5) is 5.69 Å². The molecule has 1 rings (SSSR count). The van der Waals surface area contributed by atoms with Gasteiger partial charge in [-0.15, -0.1) is 0 Å². The zero-order valence-corrected chi connectivity index (χ0v) is 11.3. The number of carbonyl (C=O) groups excluding carboxylic acids is 1. The average molecular weight is 301 g/mol. The maximum Gasteiger partial charge on any atom is 0.337 e. The lowest BCUT2D eigenvalue weighted by molar-refractivity contribution is -0.118. The van der Waals surface area contributed by atoms with Gasteiger partial charge in [0, 0.05) is 18.7 Å². The zero-order chi connectivity index (χ0) is 15.3. The largest absolute Gasteiger partial charge is 0.478 e. The summed E-state index contributed by atoms with van der Waals surface area (Å²) in [6.07, 6.45) is 0.607. The fourth-order valence-corrected chi connectivity index (χ4v) is 2.06. The Morgan fingerprint density at radius 1 is 1.30 bits per heavy atom. The molecule has 9 heteroatoms. The molecule has 1 aromatic carbocycles. The number of carbonyl (C=O) groups is 2.